The van der Waals surface area contributed by atoms with Gasteiger partial charge in [0.15, 0.2) is 0 Å². The summed E-state index contributed by atoms with van der Waals surface area (Å²) in [6, 6.07) is 7.72. The topological polar surface area (TPSA) is 75.4 Å². The Balaban J connectivity index is 2.05. The van der Waals surface area contributed by atoms with Crippen LogP contribution in [-0.4, -0.2) is 28.7 Å². The highest BCUT2D eigenvalue weighted by atomic mass is 16.6. The van der Waals surface area contributed by atoms with E-state index in [1.807, 2.05) is 24.3 Å². The molecule has 86 valence electrons. The van der Waals surface area contributed by atoms with Gasteiger partial charge < -0.3 is 10.4 Å². The molecule has 16 heavy (non-hydrogen) atoms. The zero-order valence-electron chi connectivity index (χ0n) is 8.80. The summed E-state index contributed by atoms with van der Waals surface area (Å²) in [5, 5.41) is 23.1. The lowest BCUT2D eigenvalue weighted by Crippen LogP contribution is -2.47. The van der Waals surface area contributed by atoms with E-state index in [9.17, 15) is 15.2 Å². The Morgan fingerprint density at radius 3 is 2.88 bits per heavy atom. The number of nitro groups is 1. The number of aliphatic hydroxyl groups excluding tert-OH is 1. The van der Waals surface area contributed by atoms with Crippen LogP contribution in [0, 0.1) is 10.1 Å². The van der Waals surface area contributed by atoms with Crippen molar-refractivity contribution in [2.24, 2.45) is 0 Å². The molecule has 0 saturated heterocycles. The van der Waals surface area contributed by atoms with Crippen LogP contribution >= 0.6 is 0 Å². The summed E-state index contributed by atoms with van der Waals surface area (Å²) < 4.78 is 0. The van der Waals surface area contributed by atoms with Crippen molar-refractivity contribution in [3.05, 3.63) is 45.5 Å². The van der Waals surface area contributed by atoms with Crippen molar-refractivity contribution in [2.75, 3.05) is 6.54 Å². The van der Waals surface area contributed by atoms with Gasteiger partial charge in [0.25, 0.3) is 0 Å². The van der Waals surface area contributed by atoms with E-state index in [2.05, 4.69) is 5.32 Å². The van der Waals surface area contributed by atoms with Gasteiger partial charge in [-0.25, -0.2) is 0 Å². The third-order valence-electron chi connectivity index (χ3n) is 2.91. The molecule has 2 rings (SSSR count). The lowest BCUT2D eigenvalue weighted by molar-refractivity contribution is -0.491. The molecule has 2 N–H and O–H groups in total. The molecule has 5 heteroatoms. The Morgan fingerprint density at radius 2 is 2.19 bits per heavy atom. The van der Waals surface area contributed by atoms with E-state index in [0.29, 0.717) is 13.0 Å². The summed E-state index contributed by atoms with van der Waals surface area (Å²) in [4.78, 5) is 9.84. The van der Waals surface area contributed by atoms with Crippen LogP contribution in [-0.2, 0) is 13.0 Å². The standard InChI is InChI=1S/C11H14N2O3/c14-11(7-13(15)16)10-5-8-3-1-2-4-9(8)6-12-10/h1-4,10-12,14H,5-7H2/t10-,11+/m0/s1. The molecule has 1 aliphatic rings. The molecule has 0 saturated carbocycles. The first-order valence-electron chi connectivity index (χ1n) is 5.27. The lowest BCUT2D eigenvalue weighted by atomic mass is 9.93. The highest BCUT2D eigenvalue weighted by Crippen LogP contribution is 2.17. The van der Waals surface area contributed by atoms with E-state index in [-0.39, 0.29) is 6.04 Å². The van der Waals surface area contributed by atoms with Crippen molar-refractivity contribution in [3.63, 3.8) is 0 Å². The molecule has 0 fully saturated rings. The first-order chi connectivity index (χ1) is 7.66. The molecule has 5 nitrogen and oxygen atoms in total. The highest BCUT2D eigenvalue weighted by molar-refractivity contribution is 5.30. The minimum Gasteiger partial charge on any atom is -0.385 e. The summed E-state index contributed by atoms with van der Waals surface area (Å²) in [5.41, 5.74) is 2.36. The smallest absolute Gasteiger partial charge is 0.230 e. The van der Waals surface area contributed by atoms with Crippen molar-refractivity contribution in [3.8, 4) is 0 Å². The molecular formula is C11H14N2O3. The average molecular weight is 222 g/mol. The summed E-state index contributed by atoms with van der Waals surface area (Å²) >= 11 is 0. The number of aliphatic hydroxyl groups is 1. The van der Waals surface area contributed by atoms with Gasteiger partial charge >= 0.3 is 0 Å². The van der Waals surface area contributed by atoms with E-state index in [0.717, 1.165) is 5.56 Å². The Hall–Kier alpha value is -1.46. The van der Waals surface area contributed by atoms with Crippen LogP contribution in [0.5, 0.6) is 0 Å². The van der Waals surface area contributed by atoms with Gasteiger partial charge in [-0.3, -0.25) is 10.1 Å². The van der Waals surface area contributed by atoms with Crippen LogP contribution in [0.3, 0.4) is 0 Å². The molecule has 0 radical (unpaired) electrons. The number of benzene rings is 1. The van der Waals surface area contributed by atoms with E-state index >= 15 is 0 Å². The molecule has 0 spiro atoms. The second kappa shape index (κ2) is 4.59. The molecule has 1 aromatic rings. The van der Waals surface area contributed by atoms with Gasteiger partial charge in [-0.15, -0.1) is 0 Å². The first kappa shape index (κ1) is 11.0. The number of nitrogens with zero attached hydrogens (tertiary/aromatic N) is 1. The average Bonchev–Trinajstić information content (AvgIpc) is 2.27. The fourth-order valence-corrected chi connectivity index (χ4v) is 2.03. The molecule has 1 aromatic carbocycles. The van der Waals surface area contributed by atoms with Crippen LogP contribution in [0.1, 0.15) is 11.1 Å². The number of fused-ring (bicyclic) bond motifs is 1. The van der Waals surface area contributed by atoms with Crippen molar-refractivity contribution < 1.29 is 10.0 Å². The van der Waals surface area contributed by atoms with E-state index < -0.39 is 17.6 Å². The monoisotopic (exact) mass is 222 g/mol. The molecule has 1 aliphatic heterocycles. The summed E-state index contributed by atoms with van der Waals surface area (Å²) in [6.45, 7) is 0.259. The zero-order valence-corrected chi connectivity index (χ0v) is 8.80. The Bertz CT molecular complexity index is 395. The van der Waals surface area contributed by atoms with Crippen molar-refractivity contribution >= 4 is 0 Å². The highest BCUT2D eigenvalue weighted by Gasteiger charge is 2.27. The van der Waals surface area contributed by atoms with Gasteiger partial charge in [0.2, 0.25) is 6.54 Å². The van der Waals surface area contributed by atoms with Crippen LogP contribution in [0.2, 0.25) is 0 Å². The van der Waals surface area contributed by atoms with Crippen molar-refractivity contribution in [1.82, 2.24) is 5.32 Å². The number of hydrogen-bond donors (Lipinski definition) is 2. The van der Waals surface area contributed by atoms with Gasteiger partial charge in [0, 0.05) is 17.5 Å². The number of nitrogens with one attached hydrogen (secondary N) is 1. The molecular weight excluding hydrogens is 208 g/mol. The van der Waals surface area contributed by atoms with Crippen molar-refractivity contribution in [1.29, 1.82) is 0 Å². The SMILES string of the molecule is O=[N+]([O-])C[C@@H](O)[C@@H]1Cc2ccccc2CN1. The molecule has 0 unspecified atom stereocenters. The zero-order chi connectivity index (χ0) is 11.5. The molecule has 0 aliphatic carbocycles. The first-order valence-corrected chi connectivity index (χ1v) is 5.27. The quantitative estimate of drug-likeness (QED) is 0.571. The van der Waals surface area contributed by atoms with E-state index in [1.54, 1.807) is 0 Å². The van der Waals surface area contributed by atoms with Crippen LogP contribution in [0.25, 0.3) is 0 Å². The number of rotatable bonds is 3. The molecule has 0 bridgehead atoms. The van der Waals surface area contributed by atoms with Gasteiger partial charge in [0.1, 0.15) is 6.10 Å². The second-order valence-electron chi connectivity index (χ2n) is 4.04. The predicted octanol–water partition coefficient (Wildman–Crippen LogP) is 0.338. The van der Waals surface area contributed by atoms with E-state index in [4.69, 9.17) is 0 Å². The minimum absolute atomic E-state index is 0.222. The molecule has 0 amide bonds. The number of hydrogen-bond acceptors (Lipinski definition) is 4. The predicted molar refractivity (Wildman–Crippen MR) is 58.6 cm³/mol. The van der Waals surface area contributed by atoms with Crippen LogP contribution in [0.4, 0.5) is 0 Å². The minimum atomic E-state index is -0.927. The van der Waals surface area contributed by atoms with Gasteiger partial charge in [-0.2, -0.15) is 0 Å². The maximum atomic E-state index is 10.3. The maximum absolute atomic E-state index is 10.3. The fraction of sp³-hybridized carbons (Fsp3) is 0.455. The van der Waals surface area contributed by atoms with E-state index in [1.165, 1.54) is 5.56 Å². The summed E-state index contributed by atoms with van der Waals surface area (Å²) in [7, 11) is 0. The summed E-state index contributed by atoms with van der Waals surface area (Å²) in [6.07, 6.45) is -0.283. The Labute approximate surface area is 93.2 Å². The van der Waals surface area contributed by atoms with Gasteiger partial charge in [-0.05, 0) is 17.5 Å². The van der Waals surface area contributed by atoms with Crippen LogP contribution < -0.4 is 5.32 Å². The normalized spacial score (nSPS) is 21.2. The lowest BCUT2D eigenvalue weighted by Gasteiger charge is -2.28. The second-order valence-corrected chi connectivity index (χ2v) is 4.04. The molecule has 1 heterocycles. The van der Waals surface area contributed by atoms with Gasteiger partial charge in [0.05, 0.1) is 0 Å². The van der Waals surface area contributed by atoms with Crippen molar-refractivity contribution in [2.45, 2.75) is 25.1 Å². The fourth-order valence-electron chi connectivity index (χ4n) is 2.03. The third-order valence-corrected chi connectivity index (χ3v) is 2.91. The van der Waals surface area contributed by atoms with Gasteiger partial charge in [-0.1, -0.05) is 24.3 Å². The molecule has 0 aromatic heterocycles. The van der Waals surface area contributed by atoms with Crippen LogP contribution in [0.15, 0.2) is 24.3 Å². The summed E-state index contributed by atoms with van der Waals surface area (Å²) in [5.74, 6) is 0. The third kappa shape index (κ3) is 2.37. The Morgan fingerprint density at radius 1 is 1.50 bits per heavy atom. The Kier molecular flexibility index (Phi) is 3.17. The largest absolute Gasteiger partial charge is 0.385 e. The molecule has 2 atom stereocenters. The maximum Gasteiger partial charge on any atom is 0.230 e.